The van der Waals surface area contributed by atoms with Crippen molar-refractivity contribution in [1.82, 2.24) is 9.97 Å². The summed E-state index contributed by atoms with van der Waals surface area (Å²) in [5, 5.41) is 8.84. The number of carbonyl (C=O) groups excluding carboxylic acids is 1. The Morgan fingerprint density at radius 3 is 2.84 bits per heavy atom. The molecule has 0 spiro atoms. The number of carboxylic acid groups (broad SMARTS) is 1. The molecule has 1 atom stereocenters. The lowest BCUT2D eigenvalue weighted by Gasteiger charge is -2.33. The summed E-state index contributed by atoms with van der Waals surface area (Å²) < 4.78 is 0. The van der Waals surface area contributed by atoms with Crippen LogP contribution >= 0.6 is 0 Å². The fourth-order valence-corrected chi connectivity index (χ4v) is 2.41. The van der Waals surface area contributed by atoms with E-state index < -0.39 is 11.9 Å². The Labute approximate surface area is 110 Å². The highest BCUT2D eigenvalue weighted by Crippen LogP contribution is 2.25. The van der Waals surface area contributed by atoms with Crippen molar-refractivity contribution in [2.45, 2.75) is 19.3 Å². The van der Waals surface area contributed by atoms with Gasteiger partial charge >= 0.3 is 5.97 Å². The molecule has 0 aromatic carbocycles. The van der Waals surface area contributed by atoms with Crippen molar-refractivity contribution in [2.75, 3.05) is 18.0 Å². The largest absolute Gasteiger partial charge is 0.481 e. The first-order valence-corrected chi connectivity index (χ1v) is 6.15. The molecule has 2 heterocycles. The molecule has 1 aromatic rings. The fourth-order valence-electron chi connectivity index (χ4n) is 2.41. The number of carbonyl (C=O) groups is 2. The average molecular weight is 264 g/mol. The summed E-state index contributed by atoms with van der Waals surface area (Å²) >= 11 is 0. The maximum Gasteiger partial charge on any atom is 0.303 e. The lowest BCUT2D eigenvalue weighted by Crippen LogP contribution is -2.38. The molecule has 0 aliphatic carbocycles. The molecule has 1 saturated heterocycles. The van der Waals surface area contributed by atoms with Gasteiger partial charge in [-0.2, -0.15) is 0 Å². The van der Waals surface area contributed by atoms with Crippen molar-refractivity contribution in [1.29, 1.82) is 0 Å². The molecule has 19 heavy (non-hydrogen) atoms. The molecule has 0 radical (unpaired) electrons. The zero-order chi connectivity index (χ0) is 13.8. The standard InChI is InChI=1S/C12H16N4O3/c13-11(19)10-12(15-4-3-14-10)16-5-1-2-8(7-16)6-9(17)18/h3-4,8H,1-2,5-7H2,(H2,13,19)(H,17,18). The van der Waals surface area contributed by atoms with Gasteiger partial charge in [-0.05, 0) is 18.8 Å². The molecule has 7 heteroatoms. The third-order valence-corrected chi connectivity index (χ3v) is 3.19. The topological polar surface area (TPSA) is 109 Å². The number of piperidine rings is 1. The number of nitrogens with two attached hydrogens (primary N) is 1. The Morgan fingerprint density at radius 2 is 2.16 bits per heavy atom. The number of nitrogens with zero attached hydrogens (tertiary/aromatic N) is 3. The lowest BCUT2D eigenvalue weighted by atomic mass is 9.95. The fraction of sp³-hybridized carbons (Fsp3) is 0.500. The van der Waals surface area contributed by atoms with Gasteiger partial charge in [-0.1, -0.05) is 0 Å². The summed E-state index contributed by atoms with van der Waals surface area (Å²) in [5.74, 6) is -0.913. The van der Waals surface area contributed by atoms with Crippen LogP contribution in [0.3, 0.4) is 0 Å². The van der Waals surface area contributed by atoms with Crippen molar-refractivity contribution in [3.8, 4) is 0 Å². The monoisotopic (exact) mass is 264 g/mol. The molecule has 0 saturated carbocycles. The summed E-state index contributed by atoms with van der Waals surface area (Å²) in [6, 6.07) is 0. The second-order valence-electron chi connectivity index (χ2n) is 4.64. The number of amides is 1. The number of carboxylic acids is 1. The van der Waals surface area contributed by atoms with Gasteiger partial charge in [0.1, 0.15) is 0 Å². The molecule has 1 aliphatic rings. The number of hydrogen-bond donors (Lipinski definition) is 2. The molecule has 102 valence electrons. The van der Waals surface area contributed by atoms with E-state index in [1.807, 2.05) is 4.90 Å². The Balaban J connectivity index is 2.17. The van der Waals surface area contributed by atoms with Crippen LogP contribution in [-0.4, -0.2) is 40.0 Å². The second-order valence-corrected chi connectivity index (χ2v) is 4.64. The van der Waals surface area contributed by atoms with Gasteiger partial charge in [0.2, 0.25) is 0 Å². The van der Waals surface area contributed by atoms with E-state index in [1.165, 1.54) is 12.4 Å². The minimum absolute atomic E-state index is 0.0639. The van der Waals surface area contributed by atoms with Crippen LogP contribution in [0.1, 0.15) is 29.8 Å². The number of aromatic nitrogens is 2. The summed E-state index contributed by atoms with van der Waals surface area (Å²) in [5.41, 5.74) is 5.41. The third kappa shape index (κ3) is 3.18. The quantitative estimate of drug-likeness (QED) is 0.807. The molecule has 7 nitrogen and oxygen atoms in total. The van der Waals surface area contributed by atoms with E-state index in [9.17, 15) is 9.59 Å². The summed E-state index contributed by atoms with van der Waals surface area (Å²) in [6.45, 7) is 1.29. The highest BCUT2D eigenvalue weighted by Gasteiger charge is 2.25. The average Bonchev–Trinajstić information content (AvgIpc) is 2.38. The second kappa shape index (κ2) is 5.64. The Bertz CT molecular complexity index is 492. The maximum absolute atomic E-state index is 11.3. The van der Waals surface area contributed by atoms with Gasteiger partial charge in [-0.15, -0.1) is 0 Å². The first-order valence-electron chi connectivity index (χ1n) is 6.15. The summed E-state index contributed by atoms with van der Waals surface area (Å²) in [6.07, 6.45) is 4.79. The molecule has 3 N–H and O–H groups in total. The van der Waals surface area contributed by atoms with E-state index in [-0.39, 0.29) is 18.0 Å². The molecule has 1 aliphatic heterocycles. The van der Waals surface area contributed by atoms with E-state index >= 15 is 0 Å². The van der Waals surface area contributed by atoms with E-state index in [2.05, 4.69) is 9.97 Å². The predicted octanol–water partition coefficient (Wildman–Crippen LogP) is 0.267. The van der Waals surface area contributed by atoms with Crippen LogP contribution < -0.4 is 10.6 Å². The zero-order valence-corrected chi connectivity index (χ0v) is 10.5. The molecule has 0 bridgehead atoms. The third-order valence-electron chi connectivity index (χ3n) is 3.19. The van der Waals surface area contributed by atoms with E-state index in [0.717, 1.165) is 19.4 Å². The predicted molar refractivity (Wildman–Crippen MR) is 67.7 cm³/mol. The Hall–Kier alpha value is -2.18. The van der Waals surface area contributed by atoms with Gasteiger partial charge in [0, 0.05) is 31.9 Å². The minimum atomic E-state index is -0.805. The van der Waals surface area contributed by atoms with Crippen molar-refractivity contribution in [3.63, 3.8) is 0 Å². The first-order chi connectivity index (χ1) is 9.08. The van der Waals surface area contributed by atoms with Crippen LogP contribution in [0, 0.1) is 5.92 Å². The van der Waals surface area contributed by atoms with Crippen molar-refractivity contribution >= 4 is 17.7 Å². The number of primary amides is 1. The van der Waals surface area contributed by atoms with Crippen LogP contribution in [0.2, 0.25) is 0 Å². The number of hydrogen-bond acceptors (Lipinski definition) is 5. The summed E-state index contributed by atoms with van der Waals surface area (Å²) in [7, 11) is 0. The normalized spacial score (nSPS) is 19.2. The van der Waals surface area contributed by atoms with Crippen LogP contribution in [0.4, 0.5) is 5.82 Å². The lowest BCUT2D eigenvalue weighted by molar-refractivity contribution is -0.138. The molecule has 1 amide bonds. The van der Waals surface area contributed by atoms with Crippen LogP contribution in [-0.2, 0) is 4.79 Å². The highest BCUT2D eigenvalue weighted by molar-refractivity contribution is 5.95. The van der Waals surface area contributed by atoms with Gasteiger partial charge in [0.15, 0.2) is 11.5 Å². The SMILES string of the molecule is NC(=O)c1nccnc1N1CCCC(CC(=O)O)C1. The first kappa shape index (κ1) is 13.3. The molecule has 1 fully saturated rings. The Kier molecular flexibility index (Phi) is 3.94. The van der Waals surface area contributed by atoms with Crippen molar-refractivity contribution in [3.05, 3.63) is 18.1 Å². The van der Waals surface area contributed by atoms with Gasteiger partial charge in [0.05, 0.1) is 0 Å². The smallest absolute Gasteiger partial charge is 0.303 e. The number of anilines is 1. The molecule has 1 aromatic heterocycles. The van der Waals surface area contributed by atoms with Gasteiger partial charge in [0.25, 0.3) is 5.91 Å². The van der Waals surface area contributed by atoms with Crippen LogP contribution in [0.25, 0.3) is 0 Å². The van der Waals surface area contributed by atoms with Crippen LogP contribution in [0.5, 0.6) is 0 Å². The molecular formula is C12H16N4O3. The molecular weight excluding hydrogens is 248 g/mol. The van der Waals surface area contributed by atoms with E-state index in [0.29, 0.717) is 12.4 Å². The zero-order valence-electron chi connectivity index (χ0n) is 10.5. The minimum Gasteiger partial charge on any atom is -0.481 e. The van der Waals surface area contributed by atoms with Crippen molar-refractivity contribution in [2.24, 2.45) is 11.7 Å². The van der Waals surface area contributed by atoms with Gasteiger partial charge in [-0.3, -0.25) is 9.59 Å². The maximum atomic E-state index is 11.3. The number of aliphatic carboxylic acids is 1. The van der Waals surface area contributed by atoms with Gasteiger partial charge in [-0.25, -0.2) is 9.97 Å². The van der Waals surface area contributed by atoms with E-state index in [4.69, 9.17) is 10.8 Å². The van der Waals surface area contributed by atoms with Crippen molar-refractivity contribution < 1.29 is 14.7 Å². The van der Waals surface area contributed by atoms with E-state index in [1.54, 1.807) is 0 Å². The number of rotatable bonds is 4. The molecule has 1 unspecified atom stereocenters. The summed E-state index contributed by atoms with van der Waals surface area (Å²) in [4.78, 5) is 32.1. The van der Waals surface area contributed by atoms with Gasteiger partial charge < -0.3 is 15.7 Å². The molecule has 2 rings (SSSR count). The highest BCUT2D eigenvalue weighted by atomic mass is 16.4. The Morgan fingerprint density at radius 1 is 1.42 bits per heavy atom. The van der Waals surface area contributed by atoms with Crippen LogP contribution in [0.15, 0.2) is 12.4 Å².